The van der Waals surface area contributed by atoms with E-state index in [1.54, 1.807) is 6.07 Å². The number of hydrogen-bond donors (Lipinski definition) is 3. The van der Waals surface area contributed by atoms with Crippen molar-refractivity contribution in [3.05, 3.63) is 48.3 Å². The lowest BCUT2D eigenvalue weighted by Gasteiger charge is -2.27. The Labute approximate surface area is 163 Å². The predicted octanol–water partition coefficient (Wildman–Crippen LogP) is 4.12. The van der Waals surface area contributed by atoms with Gasteiger partial charge in [-0.3, -0.25) is 4.79 Å². The molecule has 1 fully saturated rings. The molecule has 0 spiro atoms. The molecule has 3 N–H and O–H groups in total. The Morgan fingerprint density at radius 2 is 2.00 bits per heavy atom. The van der Waals surface area contributed by atoms with Crippen LogP contribution in [0.1, 0.15) is 19.8 Å². The second kappa shape index (κ2) is 8.06. The summed E-state index contributed by atoms with van der Waals surface area (Å²) in [5.74, 6) is 0.509. The smallest absolute Gasteiger partial charge is 0.227 e. The molecule has 0 bridgehead atoms. The predicted molar refractivity (Wildman–Crippen MR) is 108 cm³/mol. The molecule has 5 nitrogen and oxygen atoms in total. The van der Waals surface area contributed by atoms with Crippen LogP contribution in [0.15, 0.2) is 42.5 Å². The fourth-order valence-corrected chi connectivity index (χ4v) is 3.44. The van der Waals surface area contributed by atoms with Gasteiger partial charge in [0.15, 0.2) is 0 Å². The maximum atomic E-state index is 13.3. The quantitative estimate of drug-likeness (QED) is 0.632. The van der Waals surface area contributed by atoms with E-state index in [-0.39, 0.29) is 30.0 Å². The van der Waals surface area contributed by atoms with Gasteiger partial charge in [0.1, 0.15) is 11.6 Å². The number of benzene rings is 2. The number of halogens is 2. The van der Waals surface area contributed by atoms with Crippen molar-refractivity contribution < 1.29 is 9.18 Å². The molecular formula is C20H22ClFN4O. The summed E-state index contributed by atoms with van der Waals surface area (Å²) in [7, 11) is 0. The fourth-order valence-electron chi connectivity index (χ4n) is 3.44. The van der Waals surface area contributed by atoms with E-state index in [0.29, 0.717) is 17.4 Å². The van der Waals surface area contributed by atoms with Crippen LogP contribution < -0.4 is 10.6 Å². The first-order valence-electron chi connectivity index (χ1n) is 8.88. The van der Waals surface area contributed by atoms with Gasteiger partial charge in [-0.15, -0.1) is 12.4 Å². The van der Waals surface area contributed by atoms with E-state index >= 15 is 0 Å². The number of fused-ring (bicyclic) bond motifs is 1. The molecule has 2 heterocycles. The van der Waals surface area contributed by atoms with Crippen LogP contribution in [0.25, 0.3) is 22.4 Å². The second-order valence-electron chi connectivity index (χ2n) is 6.89. The van der Waals surface area contributed by atoms with Crippen molar-refractivity contribution in [3.8, 4) is 11.4 Å². The van der Waals surface area contributed by atoms with Gasteiger partial charge < -0.3 is 15.6 Å². The molecule has 3 aromatic rings. The maximum absolute atomic E-state index is 13.3. The zero-order valence-corrected chi connectivity index (χ0v) is 15.8. The number of H-pyrrole nitrogens is 1. The molecule has 0 aliphatic carbocycles. The Balaban J connectivity index is 0.00000210. The molecule has 1 amide bonds. The number of hydrogen-bond acceptors (Lipinski definition) is 3. The molecule has 7 heteroatoms. The number of piperidine rings is 1. The van der Waals surface area contributed by atoms with Crippen molar-refractivity contribution in [2.75, 3.05) is 11.9 Å². The molecule has 0 radical (unpaired) electrons. The highest BCUT2D eigenvalue weighted by molar-refractivity contribution is 5.93. The van der Waals surface area contributed by atoms with Crippen molar-refractivity contribution in [2.45, 2.75) is 25.8 Å². The molecule has 27 heavy (non-hydrogen) atoms. The number of imidazole rings is 1. The Bertz CT molecular complexity index is 941. The van der Waals surface area contributed by atoms with Crippen LogP contribution >= 0.6 is 12.4 Å². The number of carbonyl (C=O) groups excluding carboxylic acids is 1. The number of nitrogens with zero attached hydrogens (tertiary/aromatic N) is 1. The van der Waals surface area contributed by atoms with Gasteiger partial charge in [0.2, 0.25) is 5.91 Å². The number of rotatable bonds is 3. The van der Waals surface area contributed by atoms with E-state index in [2.05, 4.69) is 27.5 Å². The summed E-state index contributed by atoms with van der Waals surface area (Å²) < 4.78 is 13.3. The van der Waals surface area contributed by atoms with Crippen molar-refractivity contribution in [1.82, 2.24) is 15.3 Å². The molecule has 1 aliphatic heterocycles. The Kier molecular flexibility index (Phi) is 5.77. The van der Waals surface area contributed by atoms with Crippen LogP contribution in [0.4, 0.5) is 10.1 Å². The largest absolute Gasteiger partial charge is 0.338 e. The van der Waals surface area contributed by atoms with Crippen molar-refractivity contribution in [3.63, 3.8) is 0 Å². The third-order valence-electron chi connectivity index (χ3n) is 4.86. The monoisotopic (exact) mass is 388 g/mol. The standard InChI is InChI=1S/C20H21FN4O.ClH/c1-12-10-14(8-9-22-12)20(26)23-16-5-2-13(3-6-16)19-24-17-7-4-15(21)11-18(17)25-19;/h2-7,11-12,14,22H,8-10H2,1H3,(H,23,26)(H,24,25);1H/t12-,14-;/m0./s1. The molecule has 1 saturated heterocycles. The normalized spacial score (nSPS) is 19.5. The van der Waals surface area contributed by atoms with Crippen LogP contribution in [0.5, 0.6) is 0 Å². The zero-order chi connectivity index (χ0) is 18.1. The molecule has 142 valence electrons. The molecule has 0 saturated carbocycles. The van der Waals surface area contributed by atoms with Gasteiger partial charge in [-0.05, 0) is 68.8 Å². The molecule has 1 aromatic heterocycles. The molecular weight excluding hydrogens is 367 g/mol. The maximum Gasteiger partial charge on any atom is 0.227 e. The SMILES string of the molecule is C[C@H]1C[C@@H](C(=O)Nc2ccc(-c3nc4ccc(F)cc4[nH]3)cc2)CCN1.Cl. The lowest BCUT2D eigenvalue weighted by atomic mass is 9.92. The number of aromatic amines is 1. The minimum Gasteiger partial charge on any atom is -0.338 e. The average molecular weight is 389 g/mol. The highest BCUT2D eigenvalue weighted by Crippen LogP contribution is 2.24. The summed E-state index contributed by atoms with van der Waals surface area (Å²) >= 11 is 0. The van der Waals surface area contributed by atoms with Crippen LogP contribution in [0.3, 0.4) is 0 Å². The highest BCUT2D eigenvalue weighted by atomic mass is 35.5. The van der Waals surface area contributed by atoms with Crippen LogP contribution in [0, 0.1) is 11.7 Å². The number of nitrogens with one attached hydrogen (secondary N) is 3. The second-order valence-corrected chi connectivity index (χ2v) is 6.89. The summed E-state index contributed by atoms with van der Waals surface area (Å²) in [5.41, 5.74) is 3.04. The van der Waals surface area contributed by atoms with Crippen LogP contribution in [-0.2, 0) is 4.79 Å². The zero-order valence-electron chi connectivity index (χ0n) is 15.0. The van der Waals surface area contributed by atoms with Gasteiger partial charge in [0.25, 0.3) is 0 Å². The fraction of sp³-hybridized carbons (Fsp3) is 0.300. The summed E-state index contributed by atoms with van der Waals surface area (Å²) in [6.07, 6.45) is 1.73. The number of amides is 1. The third-order valence-corrected chi connectivity index (χ3v) is 4.86. The lowest BCUT2D eigenvalue weighted by Crippen LogP contribution is -2.40. The molecule has 0 unspecified atom stereocenters. The Morgan fingerprint density at radius 1 is 1.22 bits per heavy atom. The minimum absolute atomic E-state index is 0. The first-order chi connectivity index (χ1) is 12.6. The van der Waals surface area contributed by atoms with Crippen molar-refractivity contribution in [2.24, 2.45) is 5.92 Å². The van der Waals surface area contributed by atoms with Gasteiger partial charge >= 0.3 is 0 Å². The van der Waals surface area contributed by atoms with E-state index in [9.17, 15) is 9.18 Å². The Morgan fingerprint density at radius 3 is 2.74 bits per heavy atom. The van der Waals surface area contributed by atoms with E-state index in [1.807, 2.05) is 24.3 Å². The van der Waals surface area contributed by atoms with Gasteiger partial charge in [-0.1, -0.05) is 0 Å². The highest BCUT2D eigenvalue weighted by Gasteiger charge is 2.24. The van der Waals surface area contributed by atoms with Crippen molar-refractivity contribution >= 4 is 35.0 Å². The summed E-state index contributed by atoms with van der Waals surface area (Å²) in [4.78, 5) is 20.0. The molecule has 2 atom stereocenters. The minimum atomic E-state index is -0.294. The van der Waals surface area contributed by atoms with Gasteiger partial charge in [0, 0.05) is 23.2 Å². The van der Waals surface area contributed by atoms with Crippen LogP contribution in [-0.4, -0.2) is 28.5 Å². The summed E-state index contributed by atoms with van der Waals surface area (Å²) in [6.45, 7) is 2.98. The van der Waals surface area contributed by atoms with Gasteiger partial charge in [-0.2, -0.15) is 0 Å². The van der Waals surface area contributed by atoms with E-state index in [1.165, 1.54) is 12.1 Å². The first kappa shape index (κ1) is 19.3. The van der Waals surface area contributed by atoms with E-state index in [0.717, 1.165) is 36.2 Å². The van der Waals surface area contributed by atoms with Gasteiger partial charge in [-0.25, -0.2) is 9.37 Å². The third kappa shape index (κ3) is 4.28. The van der Waals surface area contributed by atoms with Crippen molar-refractivity contribution in [1.29, 1.82) is 0 Å². The Hall–Kier alpha value is -2.44. The van der Waals surface area contributed by atoms with E-state index < -0.39 is 0 Å². The number of carbonyl (C=O) groups is 1. The topological polar surface area (TPSA) is 69.8 Å². The summed E-state index contributed by atoms with van der Waals surface area (Å²) in [5, 5.41) is 6.35. The summed E-state index contributed by atoms with van der Waals surface area (Å²) in [6, 6.07) is 12.4. The lowest BCUT2D eigenvalue weighted by molar-refractivity contribution is -0.120. The first-order valence-corrected chi connectivity index (χ1v) is 8.88. The molecule has 1 aliphatic rings. The molecule has 4 rings (SSSR count). The number of anilines is 1. The number of aromatic nitrogens is 2. The average Bonchev–Trinajstić information content (AvgIpc) is 3.05. The van der Waals surface area contributed by atoms with Gasteiger partial charge in [0.05, 0.1) is 11.0 Å². The molecule has 2 aromatic carbocycles. The van der Waals surface area contributed by atoms with E-state index in [4.69, 9.17) is 0 Å². The van der Waals surface area contributed by atoms with Crippen LogP contribution in [0.2, 0.25) is 0 Å².